The van der Waals surface area contributed by atoms with Crippen molar-refractivity contribution in [3.63, 3.8) is 0 Å². The van der Waals surface area contributed by atoms with Crippen LogP contribution < -0.4 is 0 Å². The molecule has 0 spiro atoms. The molecule has 59 valence electrons. The van der Waals surface area contributed by atoms with E-state index >= 15 is 0 Å². The van der Waals surface area contributed by atoms with Gasteiger partial charge in [-0.25, -0.2) is 0 Å². The third kappa shape index (κ3) is 12800. The van der Waals surface area contributed by atoms with Crippen molar-refractivity contribution in [3.8, 4) is 0 Å². The molecule has 0 amide bonds. The van der Waals surface area contributed by atoms with Gasteiger partial charge in [-0.1, -0.05) is 36.7 Å². The van der Waals surface area contributed by atoms with Gasteiger partial charge < -0.3 is 16.2 Å². The van der Waals surface area contributed by atoms with Crippen molar-refractivity contribution >= 4 is 52.1 Å². The summed E-state index contributed by atoms with van der Waals surface area (Å²) in [6.07, 6.45) is 0. The maximum absolute atomic E-state index is 8.19. The second-order valence-electron chi connectivity index (χ2n) is 0.274. The average molecular weight is 241 g/mol. The molecule has 0 fully saturated rings. The van der Waals surface area contributed by atoms with Crippen molar-refractivity contribution in [2.24, 2.45) is 0 Å². The van der Waals surface area contributed by atoms with Crippen molar-refractivity contribution in [1.82, 2.24) is 0 Å². The molecule has 0 saturated carbocycles. The first-order valence-electron chi connectivity index (χ1n) is 1.47. The predicted octanol–water partition coefficient (Wildman–Crippen LogP) is 1.85. The molecule has 0 rings (SSSR count). The Balaban J connectivity index is -0.0000000301. The summed E-state index contributed by atoms with van der Waals surface area (Å²) in [5, 5.41) is 25.4. The van der Waals surface area contributed by atoms with Gasteiger partial charge in [0.15, 0.2) is 0 Å². The monoisotopic (exact) mass is 241 g/mol. The van der Waals surface area contributed by atoms with E-state index in [4.69, 9.17) is 19.9 Å². The number of hydrogen-bond donors (Lipinski definition) is 0. The van der Waals surface area contributed by atoms with Crippen LogP contribution in [-0.4, -0.2) is 15.5 Å². The molecule has 0 radical (unpaired) electrons. The van der Waals surface area contributed by atoms with Gasteiger partial charge in [0.25, 0.3) is 0 Å². The van der Waals surface area contributed by atoms with E-state index in [-0.39, 0.29) is 0 Å². The van der Waals surface area contributed by atoms with Crippen molar-refractivity contribution < 1.29 is 21.0 Å². The summed E-state index contributed by atoms with van der Waals surface area (Å²) in [6.45, 7) is 0. The number of rotatable bonds is 0. The fourth-order valence-electron chi connectivity index (χ4n) is 0. The normalized spacial score (nSPS) is 2.45. The minimum absolute atomic E-state index is 1.06. The molecule has 0 aromatic carbocycles. The van der Waals surface area contributed by atoms with Crippen LogP contribution in [0.4, 0.5) is 0 Å². The van der Waals surface area contributed by atoms with Crippen molar-refractivity contribution in [2.75, 3.05) is 0 Å². The minimum atomic E-state index is 1.06. The Hall–Kier alpha value is -0.216. The summed E-state index contributed by atoms with van der Waals surface area (Å²) >= 11 is 12.2. The Morgan fingerprint density at radius 2 is 0.818 bits per heavy atom. The summed E-state index contributed by atoms with van der Waals surface area (Å²) in [6, 6.07) is 0. The fraction of sp³-hybridized carbons (Fsp3) is 0. The molecule has 0 aliphatic carbocycles. The summed E-state index contributed by atoms with van der Waals surface area (Å²) in [7, 11) is 0. The van der Waals surface area contributed by atoms with Gasteiger partial charge in [-0.3, -0.25) is 0 Å². The number of nitrogens with zero attached hydrogens (tertiary/aromatic N) is 3. The Kier molecular flexibility index (Phi) is 199. The molecule has 0 atom stereocenters. The Morgan fingerprint density at radius 1 is 0.818 bits per heavy atom. The molecule has 0 unspecified atom stereocenters. The maximum atomic E-state index is 8.19. The standard InChI is InChI=1S/3CNS.O.V/c3*2-1-3;;/q3*-1;;. The Bertz CT molecular complexity index is 127. The second-order valence-corrected chi connectivity index (χ2v) is 0.822. The first-order valence-corrected chi connectivity index (χ1v) is 3.26. The summed E-state index contributed by atoms with van der Waals surface area (Å²) in [4.78, 5) is 0. The van der Waals surface area contributed by atoms with Crippen LogP contribution in [0.3, 0.4) is 0 Å². The molecule has 0 saturated heterocycles. The fourth-order valence-corrected chi connectivity index (χ4v) is 0. The van der Waals surface area contributed by atoms with Gasteiger partial charge in [0.2, 0.25) is 0 Å². The molecule has 0 aromatic rings. The van der Waals surface area contributed by atoms with E-state index in [0.717, 1.165) is 17.4 Å². The second kappa shape index (κ2) is 97.4. The van der Waals surface area contributed by atoms with E-state index < -0.39 is 0 Å². The first-order chi connectivity index (χ1) is 5.24. The predicted molar refractivity (Wildman–Crippen MR) is 48.6 cm³/mol. The topological polar surface area (TPSA) is 84.0 Å². The quantitative estimate of drug-likeness (QED) is 0.478. The molecule has 0 aliphatic rings. The van der Waals surface area contributed by atoms with Crippen LogP contribution in [0, 0.1) is 0 Å². The Labute approximate surface area is 89.1 Å². The Morgan fingerprint density at radius 3 is 0.818 bits per heavy atom. The van der Waals surface area contributed by atoms with Crippen LogP contribution in [0.5, 0.6) is 0 Å². The van der Waals surface area contributed by atoms with Gasteiger partial charge in [0, 0.05) is 0 Å². The van der Waals surface area contributed by atoms with Crippen LogP contribution in [0.25, 0.3) is 16.2 Å². The van der Waals surface area contributed by atoms with Crippen molar-refractivity contribution in [2.45, 2.75) is 0 Å². The average Bonchev–Trinajstić information content (AvgIpc) is 1.96. The van der Waals surface area contributed by atoms with Crippen LogP contribution in [-0.2, 0) is 21.0 Å². The van der Waals surface area contributed by atoms with E-state index in [2.05, 4.69) is 36.7 Å². The zero-order valence-corrected chi connectivity index (χ0v) is 8.77. The zero-order chi connectivity index (χ0) is 10.1. The molecule has 0 N–H and O–H groups in total. The van der Waals surface area contributed by atoms with E-state index in [1.807, 2.05) is 0 Å². The van der Waals surface area contributed by atoms with Gasteiger partial charge in [0.1, 0.15) is 0 Å². The summed E-state index contributed by atoms with van der Waals surface area (Å²) in [5.74, 6) is 0. The van der Waals surface area contributed by atoms with E-state index in [1.54, 1.807) is 0 Å². The van der Waals surface area contributed by atoms with Gasteiger partial charge in [-0.05, 0) is 0 Å². The van der Waals surface area contributed by atoms with Gasteiger partial charge >= 0.3 is 21.0 Å². The zero-order valence-electron chi connectivity index (χ0n) is 4.92. The van der Waals surface area contributed by atoms with Crippen LogP contribution in [0.15, 0.2) is 0 Å². The van der Waals surface area contributed by atoms with Crippen molar-refractivity contribution in [1.29, 1.82) is 0 Å². The molecular formula is C3N3OS3V-3. The third-order valence-corrected chi connectivity index (χ3v) is 0. The molecular weight excluding hydrogens is 241 g/mol. The molecule has 0 heterocycles. The molecule has 0 aromatic heterocycles. The van der Waals surface area contributed by atoms with E-state index in [0.29, 0.717) is 0 Å². The van der Waals surface area contributed by atoms with Gasteiger partial charge in [0.05, 0.1) is 0 Å². The van der Waals surface area contributed by atoms with Gasteiger partial charge in [-0.15, -0.1) is 0 Å². The van der Waals surface area contributed by atoms with E-state index in [9.17, 15) is 0 Å². The molecule has 4 nitrogen and oxygen atoms in total. The summed E-state index contributed by atoms with van der Waals surface area (Å²) < 4.78 is 8.19. The molecule has 11 heavy (non-hydrogen) atoms. The van der Waals surface area contributed by atoms with Crippen molar-refractivity contribution in [3.05, 3.63) is 16.2 Å². The number of hydrogen-bond acceptors (Lipinski definition) is 4. The van der Waals surface area contributed by atoms with Crippen LogP contribution in [0.1, 0.15) is 0 Å². The SMILES string of the molecule is [N-]=C=S.[N-]=C=S.[N-]=C=S.[O]=[V]. The molecule has 0 aliphatic heterocycles. The van der Waals surface area contributed by atoms with Crippen LogP contribution >= 0.6 is 36.7 Å². The number of thiocarbonyl (C=S) groups is 3. The van der Waals surface area contributed by atoms with E-state index in [1.165, 1.54) is 15.5 Å². The molecule has 0 bridgehead atoms. The summed E-state index contributed by atoms with van der Waals surface area (Å²) in [5.41, 5.74) is 0. The van der Waals surface area contributed by atoms with Crippen LogP contribution in [0.2, 0.25) is 0 Å². The first kappa shape index (κ1) is 22.4. The number of isothiocyanates is 3. The van der Waals surface area contributed by atoms with Gasteiger partial charge in [-0.2, -0.15) is 15.5 Å². The molecule has 8 heteroatoms. The third-order valence-electron chi connectivity index (χ3n) is 0.